The van der Waals surface area contributed by atoms with E-state index in [1.807, 2.05) is 0 Å². The molecule has 0 aliphatic heterocycles. The Bertz CT molecular complexity index is 387. The fourth-order valence-electron chi connectivity index (χ4n) is 0.676. The molecule has 3 nitrogen and oxygen atoms in total. The smallest absolute Gasteiger partial charge is 0.234 e. The summed E-state index contributed by atoms with van der Waals surface area (Å²) in [6.45, 7) is 3.52. The summed E-state index contributed by atoms with van der Waals surface area (Å²) < 4.78 is 5.95. The standard InChI is InChI=1S/C9H8BrClN2O/c1-4-9(2,3)14-8-6(10)7(11)12-5-13-8/h1,5H,2-3H3. The molecule has 0 unspecified atom stereocenters. The molecular weight excluding hydrogens is 267 g/mol. The molecule has 1 rings (SSSR count). The SMILES string of the molecule is C#CC(C)(C)Oc1ncnc(Cl)c1Br. The lowest BCUT2D eigenvalue weighted by Gasteiger charge is -2.19. The zero-order valence-electron chi connectivity index (χ0n) is 7.71. The first-order valence-corrected chi connectivity index (χ1v) is 4.96. The molecule has 0 bridgehead atoms. The van der Waals surface area contributed by atoms with Crippen molar-refractivity contribution in [3.8, 4) is 18.2 Å². The van der Waals surface area contributed by atoms with Gasteiger partial charge in [-0.1, -0.05) is 17.5 Å². The van der Waals surface area contributed by atoms with Gasteiger partial charge in [0.15, 0.2) is 10.8 Å². The van der Waals surface area contributed by atoms with Crippen LogP contribution in [0.2, 0.25) is 5.15 Å². The van der Waals surface area contributed by atoms with Crippen LogP contribution in [0.25, 0.3) is 0 Å². The highest BCUT2D eigenvalue weighted by Crippen LogP contribution is 2.30. The minimum absolute atomic E-state index is 0.294. The van der Waals surface area contributed by atoms with E-state index in [0.29, 0.717) is 15.5 Å². The Balaban J connectivity index is 3.00. The van der Waals surface area contributed by atoms with Crippen molar-refractivity contribution in [3.05, 3.63) is 16.0 Å². The van der Waals surface area contributed by atoms with Crippen molar-refractivity contribution in [2.24, 2.45) is 0 Å². The maximum Gasteiger partial charge on any atom is 0.234 e. The summed E-state index contributed by atoms with van der Waals surface area (Å²) in [5.41, 5.74) is -0.722. The molecule has 74 valence electrons. The number of ether oxygens (including phenoxy) is 1. The van der Waals surface area contributed by atoms with E-state index in [1.165, 1.54) is 6.33 Å². The van der Waals surface area contributed by atoms with Crippen molar-refractivity contribution in [2.75, 3.05) is 0 Å². The van der Waals surface area contributed by atoms with Gasteiger partial charge in [-0.25, -0.2) is 9.97 Å². The normalized spacial score (nSPS) is 10.8. The van der Waals surface area contributed by atoms with Gasteiger partial charge in [-0.2, -0.15) is 0 Å². The lowest BCUT2D eigenvalue weighted by atomic mass is 10.1. The first-order chi connectivity index (χ1) is 6.46. The molecule has 0 atom stereocenters. The number of nitrogens with zero attached hydrogens (tertiary/aromatic N) is 2. The lowest BCUT2D eigenvalue weighted by molar-refractivity contribution is 0.163. The van der Waals surface area contributed by atoms with Crippen LogP contribution in [0.5, 0.6) is 5.88 Å². The molecule has 1 aromatic rings. The number of hydrogen-bond acceptors (Lipinski definition) is 3. The second kappa shape index (κ2) is 4.16. The molecule has 14 heavy (non-hydrogen) atoms. The van der Waals surface area contributed by atoms with Crippen molar-refractivity contribution < 1.29 is 4.74 Å². The van der Waals surface area contributed by atoms with Crippen LogP contribution in [-0.4, -0.2) is 15.6 Å². The molecule has 1 aromatic heterocycles. The van der Waals surface area contributed by atoms with Gasteiger partial charge in [-0.05, 0) is 29.8 Å². The van der Waals surface area contributed by atoms with E-state index in [2.05, 4.69) is 31.8 Å². The summed E-state index contributed by atoms with van der Waals surface area (Å²) in [5.74, 6) is 2.83. The Morgan fingerprint density at radius 2 is 2.21 bits per heavy atom. The highest BCUT2D eigenvalue weighted by molar-refractivity contribution is 9.10. The van der Waals surface area contributed by atoms with Gasteiger partial charge in [0.1, 0.15) is 10.8 Å². The molecule has 0 N–H and O–H groups in total. The molecule has 0 fully saturated rings. The van der Waals surface area contributed by atoms with E-state index in [0.717, 1.165) is 0 Å². The van der Waals surface area contributed by atoms with Gasteiger partial charge < -0.3 is 4.74 Å². The molecule has 5 heteroatoms. The van der Waals surface area contributed by atoms with Crippen LogP contribution in [0, 0.1) is 12.3 Å². The largest absolute Gasteiger partial charge is 0.458 e. The van der Waals surface area contributed by atoms with Gasteiger partial charge in [-0.3, -0.25) is 0 Å². The van der Waals surface area contributed by atoms with E-state index < -0.39 is 5.60 Å². The lowest BCUT2D eigenvalue weighted by Crippen LogP contribution is -2.26. The molecule has 0 amide bonds. The third kappa shape index (κ3) is 2.60. The summed E-state index contributed by atoms with van der Waals surface area (Å²) in [5, 5.41) is 0.294. The monoisotopic (exact) mass is 274 g/mol. The van der Waals surface area contributed by atoms with Crippen molar-refractivity contribution in [3.63, 3.8) is 0 Å². The average Bonchev–Trinajstić information content (AvgIpc) is 2.13. The summed E-state index contributed by atoms with van der Waals surface area (Å²) in [6, 6.07) is 0. The van der Waals surface area contributed by atoms with Crippen LogP contribution in [0.4, 0.5) is 0 Å². The fraction of sp³-hybridized carbons (Fsp3) is 0.333. The molecular formula is C9H8BrClN2O. The summed E-state index contributed by atoms with van der Waals surface area (Å²) >= 11 is 8.97. The van der Waals surface area contributed by atoms with E-state index in [1.54, 1.807) is 13.8 Å². The molecule has 0 radical (unpaired) electrons. The molecule has 1 heterocycles. The topological polar surface area (TPSA) is 35.0 Å². The second-order valence-electron chi connectivity index (χ2n) is 3.04. The van der Waals surface area contributed by atoms with E-state index in [9.17, 15) is 0 Å². The van der Waals surface area contributed by atoms with E-state index in [-0.39, 0.29) is 0 Å². The Kier molecular flexibility index (Phi) is 3.35. The Hall–Kier alpha value is -0.790. The zero-order valence-corrected chi connectivity index (χ0v) is 10.1. The second-order valence-corrected chi connectivity index (χ2v) is 4.19. The Labute approximate surface area is 96.0 Å². The van der Waals surface area contributed by atoms with Crippen molar-refractivity contribution >= 4 is 27.5 Å². The number of rotatable bonds is 2. The quantitative estimate of drug-likeness (QED) is 0.615. The maximum absolute atomic E-state index is 5.76. The van der Waals surface area contributed by atoms with Gasteiger partial charge in [0.2, 0.25) is 5.88 Å². The molecule has 0 aliphatic carbocycles. The number of terminal acetylenes is 1. The fourth-order valence-corrected chi connectivity index (χ4v) is 1.09. The average molecular weight is 276 g/mol. The molecule has 0 aromatic carbocycles. The minimum atomic E-state index is -0.722. The predicted molar refractivity (Wildman–Crippen MR) is 58.3 cm³/mol. The Morgan fingerprint density at radius 3 is 2.79 bits per heavy atom. The van der Waals surface area contributed by atoms with Gasteiger partial charge in [0.25, 0.3) is 0 Å². The highest BCUT2D eigenvalue weighted by Gasteiger charge is 2.19. The third-order valence-corrected chi connectivity index (χ3v) is 2.64. The van der Waals surface area contributed by atoms with Gasteiger partial charge in [0.05, 0.1) is 0 Å². The highest BCUT2D eigenvalue weighted by atomic mass is 79.9. The zero-order chi connectivity index (χ0) is 10.8. The summed E-state index contributed by atoms with van der Waals surface area (Å²) in [6.07, 6.45) is 6.59. The van der Waals surface area contributed by atoms with Crippen molar-refractivity contribution in [1.29, 1.82) is 0 Å². The number of hydrogen-bond donors (Lipinski definition) is 0. The Morgan fingerprint density at radius 1 is 1.57 bits per heavy atom. The third-order valence-electron chi connectivity index (χ3n) is 1.41. The molecule has 0 saturated carbocycles. The predicted octanol–water partition coefficient (Wildman–Crippen LogP) is 2.68. The first kappa shape index (κ1) is 11.3. The van der Waals surface area contributed by atoms with Crippen LogP contribution in [0.15, 0.2) is 10.8 Å². The summed E-state index contributed by atoms with van der Waals surface area (Å²) in [4.78, 5) is 7.68. The van der Waals surface area contributed by atoms with Crippen molar-refractivity contribution in [2.45, 2.75) is 19.4 Å². The van der Waals surface area contributed by atoms with Crippen LogP contribution < -0.4 is 4.74 Å². The number of aromatic nitrogens is 2. The van der Waals surface area contributed by atoms with Gasteiger partial charge >= 0.3 is 0 Å². The van der Waals surface area contributed by atoms with E-state index in [4.69, 9.17) is 22.8 Å². The molecule has 0 spiro atoms. The molecule has 0 aliphatic rings. The molecule has 0 saturated heterocycles. The number of halogens is 2. The van der Waals surface area contributed by atoms with E-state index >= 15 is 0 Å². The van der Waals surface area contributed by atoms with Crippen LogP contribution in [0.3, 0.4) is 0 Å². The van der Waals surface area contributed by atoms with Crippen LogP contribution in [-0.2, 0) is 0 Å². The van der Waals surface area contributed by atoms with Crippen molar-refractivity contribution in [1.82, 2.24) is 9.97 Å². The van der Waals surface area contributed by atoms with Gasteiger partial charge in [-0.15, -0.1) is 6.42 Å². The summed E-state index contributed by atoms with van der Waals surface area (Å²) in [7, 11) is 0. The van der Waals surface area contributed by atoms with Crippen LogP contribution >= 0.6 is 27.5 Å². The first-order valence-electron chi connectivity index (χ1n) is 3.79. The van der Waals surface area contributed by atoms with Gasteiger partial charge in [0, 0.05) is 0 Å². The maximum atomic E-state index is 5.76. The minimum Gasteiger partial charge on any atom is -0.458 e. The van der Waals surface area contributed by atoms with Crippen LogP contribution in [0.1, 0.15) is 13.8 Å².